The molecule has 6 fully saturated rings. The Balaban J connectivity index is 1.25. The van der Waals surface area contributed by atoms with Crippen LogP contribution in [0.4, 0.5) is 0 Å². The van der Waals surface area contributed by atoms with Gasteiger partial charge in [-0.3, -0.25) is 0 Å². The number of hydrogen-bond acceptors (Lipinski definition) is 14. The Hall–Kier alpha value is -0.820. The maximum atomic E-state index is 12.2. The van der Waals surface area contributed by atoms with Gasteiger partial charge in [0.2, 0.25) is 0 Å². The number of hydrogen-bond donors (Lipinski definition) is 10. The molecule has 0 spiro atoms. The summed E-state index contributed by atoms with van der Waals surface area (Å²) in [7, 11) is 0. The van der Waals surface area contributed by atoms with Crippen LogP contribution in [0.3, 0.4) is 0 Å². The highest BCUT2D eigenvalue weighted by molar-refractivity contribution is 5.21. The molecule has 21 atom stereocenters. The zero-order valence-electron chi connectivity index (χ0n) is 34.6. The molecule has 4 aliphatic carbocycles. The lowest BCUT2D eigenvalue weighted by Crippen LogP contribution is -2.70. The van der Waals surface area contributed by atoms with E-state index in [2.05, 4.69) is 40.7 Å². The fourth-order valence-electron chi connectivity index (χ4n) is 13.5. The Labute approximate surface area is 331 Å². The standard InChI is InChI=1S/C42H72O14/c1-20(2)10-9-13-42(8,52)21-11-14-41(7)28(21)22(45)16-27-39(5)17-23(46)35(38(3,4)26(39)12-15-40(27,41)6)56-37-34(32(50)30(48)25(19-44)54-37)55-36-33(51)31(49)29(47)24(18-43)53-36/h10,21-37,43-52H,9,11-19H2,1-8H3/t21-,22+,23+,24-,25-,26-,27+,28-,29-,30-,31+,32+,33-,34-,35?,36+,37+,39-,40+,41+,42-/m0/s1. The number of ether oxygens (including phenoxy) is 4. The summed E-state index contributed by atoms with van der Waals surface area (Å²) in [6.45, 7) is 15.7. The number of aliphatic hydroxyl groups excluding tert-OH is 9. The Bertz CT molecular complexity index is 1400. The van der Waals surface area contributed by atoms with Crippen molar-refractivity contribution in [3.63, 3.8) is 0 Å². The van der Waals surface area contributed by atoms with Crippen LogP contribution in [0, 0.1) is 45.3 Å². The van der Waals surface area contributed by atoms with Crippen LogP contribution in [0.25, 0.3) is 0 Å². The molecule has 0 aromatic carbocycles. The van der Waals surface area contributed by atoms with E-state index in [9.17, 15) is 51.1 Å². The highest BCUT2D eigenvalue weighted by Crippen LogP contribution is 2.76. The lowest BCUT2D eigenvalue weighted by molar-refractivity contribution is -0.383. The Morgan fingerprint density at radius 2 is 1.32 bits per heavy atom. The molecule has 6 rings (SSSR count). The Morgan fingerprint density at radius 1 is 0.732 bits per heavy atom. The molecule has 14 heteroatoms. The summed E-state index contributed by atoms with van der Waals surface area (Å²) >= 11 is 0. The molecule has 0 aromatic heterocycles. The van der Waals surface area contributed by atoms with E-state index < -0.39 is 109 Å². The predicted octanol–water partition coefficient (Wildman–Crippen LogP) is 1.12. The zero-order valence-corrected chi connectivity index (χ0v) is 34.6. The number of aliphatic hydroxyl groups is 10. The van der Waals surface area contributed by atoms with Crippen LogP contribution in [0.15, 0.2) is 11.6 Å². The van der Waals surface area contributed by atoms with Gasteiger partial charge >= 0.3 is 0 Å². The van der Waals surface area contributed by atoms with Gasteiger partial charge in [-0.15, -0.1) is 0 Å². The molecule has 0 bridgehead atoms. The molecule has 324 valence electrons. The van der Waals surface area contributed by atoms with E-state index in [1.165, 1.54) is 5.57 Å². The van der Waals surface area contributed by atoms with Crippen LogP contribution < -0.4 is 0 Å². The van der Waals surface area contributed by atoms with Crippen molar-refractivity contribution in [3.8, 4) is 0 Å². The molecule has 6 aliphatic rings. The van der Waals surface area contributed by atoms with Gasteiger partial charge in [-0.05, 0) is 117 Å². The first kappa shape index (κ1) is 44.7. The van der Waals surface area contributed by atoms with Crippen molar-refractivity contribution in [1.82, 2.24) is 0 Å². The SMILES string of the molecule is CC(C)=CCC[C@](C)(O)[C@H]1CC[C@]2(C)[C@@H]1[C@H](O)C[C@@H]1[C@@]3(C)C[C@@H](O)C(O[C@H]4O[C@@H](CO)[C@H](O)[C@@H](O)[C@@H]4O[C@H]4O[C@@H](CO)[C@H](O)[C@@H](O)[C@@H]4O)C(C)(C)[C@@H]3CC[C@]12C. The number of allylic oxidation sites excluding steroid dienone is 2. The molecule has 2 heterocycles. The van der Waals surface area contributed by atoms with Crippen LogP contribution in [0.5, 0.6) is 0 Å². The predicted molar refractivity (Wildman–Crippen MR) is 202 cm³/mol. The van der Waals surface area contributed by atoms with Gasteiger partial charge in [-0.1, -0.05) is 46.3 Å². The summed E-state index contributed by atoms with van der Waals surface area (Å²) in [5, 5.41) is 110. The fourth-order valence-corrected chi connectivity index (χ4v) is 13.5. The molecule has 1 unspecified atom stereocenters. The van der Waals surface area contributed by atoms with Gasteiger partial charge in [0, 0.05) is 0 Å². The van der Waals surface area contributed by atoms with Gasteiger partial charge in [0.05, 0.1) is 37.1 Å². The van der Waals surface area contributed by atoms with E-state index in [-0.39, 0.29) is 34.5 Å². The maximum absolute atomic E-state index is 12.2. The van der Waals surface area contributed by atoms with Gasteiger partial charge in [0.25, 0.3) is 0 Å². The van der Waals surface area contributed by atoms with Crippen LogP contribution in [-0.4, -0.2) is 150 Å². The van der Waals surface area contributed by atoms with Gasteiger partial charge < -0.3 is 70.0 Å². The van der Waals surface area contributed by atoms with E-state index >= 15 is 0 Å². The minimum Gasteiger partial charge on any atom is -0.394 e. The van der Waals surface area contributed by atoms with Crippen molar-refractivity contribution in [2.24, 2.45) is 45.3 Å². The third-order valence-electron chi connectivity index (χ3n) is 16.5. The summed E-state index contributed by atoms with van der Waals surface area (Å²) in [5.41, 5.74) is -1.25. The Morgan fingerprint density at radius 3 is 1.93 bits per heavy atom. The molecule has 0 radical (unpaired) electrons. The minimum atomic E-state index is -1.81. The molecular formula is C42H72O14. The van der Waals surface area contributed by atoms with Crippen molar-refractivity contribution in [1.29, 1.82) is 0 Å². The second-order valence-electron chi connectivity index (χ2n) is 20.3. The smallest absolute Gasteiger partial charge is 0.187 e. The third kappa shape index (κ3) is 7.16. The normalized spacial score (nSPS) is 52.6. The molecule has 4 saturated carbocycles. The van der Waals surface area contributed by atoms with Crippen molar-refractivity contribution in [3.05, 3.63) is 11.6 Å². The first-order valence-corrected chi connectivity index (χ1v) is 21.0. The largest absolute Gasteiger partial charge is 0.394 e. The molecule has 2 saturated heterocycles. The van der Waals surface area contributed by atoms with Crippen LogP contribution in [0.1, 0.15) is 107 Å². The average Bonchev–Trinajstić information content (AvgIpc) is 3.50. The number of rotatable bonds is 10. The summed E-state index contributed by atoms with van der Waals surface area (Å²) in [6.07, 6.45) is -10.5. The van der Waals surface area contributed by atoms with E-state index in [4.69, 9.17) is 18.9 Å². The zero-order chi connectivity index (χ0) is 41.5. The highest BCUT2D eigenvalue weighted by atomic mass is 16.8. The van der Waals surface area contributed by atoms with E-state index in [0.717, 1.165) is 32.1 Å². The second kappa shape index (κ2) is 15.9. The van der Waals surface area contributed by atoms with E-state index in [1.54, 1.807) is 0 Å². The molecule has 14 nitrogen and oxygen atoms in total. The van der Waals surface area contributed by atoms with Crippen molar-refractivity contribution < 1.29 is 70.0 Å². The van der Waals surface area contributed by atoms with E-state index in [0.29, 0.717) is 19.3 Å². The quantitative estimate of drug-likeness (QED) is 0.110. The topological polar surface area (TPSA) is 239 Å². The summed E-state index contributed by atoms with van der Waals surface area (Å²) in [6, 6.07) is 0. The van der Waals surface area contributed by atoms with Crippen LogP contribution in [-0.2, 0) is 18.9 Å². The monoisotopic (exact) mass is 800 g/mol. The van der Waals surface area contributed by atoms with Gasteiger partial charge in [0.1, 0.15) is 48.8 Å². The van der Waals surface area contributed by atoms with Crippen molar-refractivity contribution >= 4 is 0 Å². The highest BCUT2D eigenvalue weighted by Gasteiger charge is 2.72. The maximum Gasteiger partial charge on any atom is 0.187 e. The second-order valence-corrected chi connectivity index (χ2v) is 20.3. The summed E-state index contributed by atoms with van der Waals surface area (Å²) in [5.74, 6) is -0.0322. The molecule has 0 aromatic rings. The van der Waals surface area contributed by atoms with Gasteiger partial charge in [-0.2, -0.15) is 0 Å². The first-order chi connectivity index (χ1) is 26.0. The summed E-state index contributed by atoms with van der Waals surface area (Å²) < 4.78 is 24.1. The number of fused-ring (bicyclic) bond motifs is 5. The summed E-state index contributed by atoms with van der Waals surface area (Å²) in [4.78, 5) is 0. The third-order valence-corrected chi connectivity index (χ3v) is 16.5. The Kier molecular flexibility index (Phi) is 12.7. The van der Waals surface area contributed by atoms with Gasteiger partial charge in [0.15, 0.2) is 12.6 Å². The van der Waals surface area contributed by atoms with Crippen molar-refractivity contribution in [2.75, 3.05) is 13.2 Å². The van der Waals surface area contributed by atoms with Crippen LogP contribution >= 0.6 is 0 Å². The first-order valence-electron chi connectivity index (χ1n) is 21.0. The molecule has 56 heavy (non-hydrogen) atoms. The average molecular weight is 801 g/mol. The molecule has 10 N–H and O–H groups in total. The minimum absolute atomic E-state index is 0.00996. The molecular weight excluding hydrogens is 728 g/mol. The lowest BCUT2D eigenvalue weighted by atomic mass is 9.35. The lowest BCUT2D eigenvalue weighted by Gasteiger charge is -2.71. The fraction of sp³-hybridized carbons (Fsp3) is 0.952. The van der Waals surface area contributed by atoms with E-state index in [1.807, 2.05) is 20.8 Å². The van der Waals surface area contributed by atoms with Crippen LogP contribution in [0.2, 0.25) is 0 Å². The molecule has 2 aliphatic heterocycles. The van der Waals surface area contributed by atoms with Crippen molar-refractivity contribution in [2.45, 2.75) is 192 Å². The van der Waals surface area contributed by atoms with Gasteiger partial charge in [-0.25, -0.2) is 0 Å². The molecule has 0 amide bonds.